The molecule has 9 nitrogen and oxygen atoms in total. The van der Waals surface area contributed by atoms with Gasteiger partial charge in [0, 0.05) is 18.1 Å². The normalized spacial score (nSPS) is 22.9. The summed E-state index contributed by atoms with van der Waals surface area (Å²) < 4.78 is 12.8. The summed E-state index contributed by atoms with van der Waals surface area (Å²) in [5, 5.41) is 8.22. The molecular formula is C17H14ClN7O2. The van der Waals surface area contributed by atoms with E-state index < -0.39 is 0 Å². The topological polar surface area (TPSA) is 84.8 Å². The molecule has 3 aromatic rings. The lowest BCUT2D eigenvalue weighted by Gasteiger charge is -2.35. The van der Waals surface area contributed by atoms with Gasteiger partial charge in [0.1, 0.15) is 6.34 Å². The van der Waals surface area contributed by atoms with E-state index in [9.17, 15) is 0 Å². The number of hydrogen-bond acceptors (Lipinski definition) is 8. The minimum Gasteiger partial charge on any atom is -0.381 e. The van der Waals surface area contributed by atoms with Crippen molar-refractivity contribution in [1.82, 2.24) is 19.7 Å². The number of halogens is 1. The Morgan fingerprint density at radius 1 is 1.22 bits per heavy atom. The molecule has 0 radical (unpaired) electrons. The fraction of sp³-hybridized carbons (Fsp3) is 0.294. The van der Waals surface area contributed by atoms with Gasteiger partial charge in [-0.2, -0.15) is 9.99 Å². The van der Waals surface area contributed by atoms with Crippen molar-refractivity contribution in [2.24, 2.45) is 4.99 Å². The fourth-order valence-corrected chi connectivity index (χ4v) is 4.02. The van der Waals surface area contributed by atoms with Crippen LogP contribution in [-0.2, 0) is 4.74 Å². The van der Waals surface area contributed by atoms with E-state index in [1.54, 1.807) is 17.5 Å². The lowest BCUT2D eigenvalue weighted by atomic mass is 10.1. The fourth-order valence-electron chi connectivity index (χ4n) is 3.79. The van der Waals surface area contributed by atoms with Crippen molar-refractivity contribution in [3.63, 3.8) is 0 Å². The second-order valence-corrected chi connectivity index (χ2v) is 6.94. The van der Waals surface area contributed by atoms with Crippen LogP contribution in [0.3, 0.4) is 0 Å². The molecule has 2 unspecified atom stereocenters. The number of imidazole rings is 1. The van der Waals surface area contributed by atoms with E-state index in [1.807, 2.05) is 33.8 Å². The molecule has 3 aliphatic heterocycles. The molecule has 1 aromatic carbocycles. The minimum atomic E-state index is -0.244. The number of aliphatic imine (C=N–C) groups is 1. The summed E-state index contributed by atoms with van der Waals surface area (Å²) in [7, 11) is 0. The highest BCUT2D eigenvalue weighted by atomic mass is 35.5. The molecule has 1 fully saturated rings. The van der Waals surface area contributed by atoms with Crippen LogP contribution in [0.1, 0.15) is 29.9 Å². The van der Waals surface area contributed by atoms with Gasteiger partial charge in [-0.05, 0) is 24.1 Å². The highest BCUT2D eigenvalue weighted by molar-refractivity contribution is 6.29. The number of aromatic nitrogens is 4. The van der Waals surface area contributed by atoms with Crippen LogP contribution in [0.25, 0.3) is 5.69 Å². The summed E-state index contributed by atoms with van der Waals surface area (Å²) in [6.45, 7) is 1.34. The second-order valence-electron chi connectivity index (χ2n) is 6.60. The van der Waals surface area contributed by atoms with E-state index in [2.05, 4.69) is 20.1 Å². The van der Waals surface area contributed by atoms with Gasteiger partial charge >= 0.3 is 6.01 Å². The highest BCUT2D eigenvalue weighted by Gasteiger charge is 2.41. The summed E-state index contributed by atoms with van der Waals surface area (Å²) in [4.78, 5) is 13.5. The van der Waals surface area contributed by atoms with Crippen LogP contribution < -0.4 is 10.0 Å². The van der Waals surface area contributed by atoms with Crippen molar-refractivity contribution in [1.29, 1.82) is 0 Å². The number of hydrogen-bond donors (Lipinski definition) is 0. The van der Waals surface area contributed by atoms with Crippen LogP contribution in [0.5, 0.6) is 0 Å². The molecule has 1 saturated heterocycles. The molecule has 136 valence electrons. The van der Waals surface area contributed by atoms with Crippen LogP contribution in [0, 0.1) is 0 Å². The first kappa shape index (κ1) is 15.2. The maximum atomic E-state index is 6.36. The van der Waals surface area contributed by atoms with Gasteiger partial charge in [-0.25, -0.2) is 15.0 Å². The van der Waals surface area contributed by atoms with Gasteiger partial charge < -0.3 is 9.26 Å². The Morgan fingerprint density at radius 2 is 2.15 bits per heavy atom. The van der Waals surface area contributed by atoms with Crippen molar-refractivity contribution >= 4 is 29.8 Å². The molecule has 0 saturated carbocycles. The molecule has 0 amide bonds. The number of ether oxygens (including phenoxy) is 1. The number of para-hydroxylation sites is 1. The van der Waals surface area contributed by atoms with E-state index in [0.717, 1.165) is 30.1 Å². The number of rotatable bonds is 2. The van der Waals surface area contributed by atoms with Crippen LogP contribution >= 0.6 is 11.6 Å². The SMILES string of the molecule is Clc1ncc2n1-c1ccccc1C1N=CN(c3nc(C4CCOC4)no3)N21. The zero-order valence-electron chi connectivity index (χ0n) is 14.1. The Labute approximate surface area is 158 Å². The first-order valence-corrected chi connectivity index (χ1v) is 9.04. The maximum absolute atomic E-state index is 6.36. The molecule has 0 spiro atoms. The molecule has 27 heavy (non-hydrogen) atoms. The molecule has 2 atom stereocenters. The monoisotopic (exact) mass is 383 g/mol. The minimum absolute atomic E-state index is 0.167. The average molecular weight is 384 g/mol. The lowest BCUT2D eigenvalue weighted by Crippen LogP contribution is -2.42. The van der Waals surface area contributed by atoms with Gasteiger partial charge in [0.15, 0.2) is 17.8 Å². The van der Waals surface area contributed by atoms with Crippen LogP contribution in [0.15, 0.2) is 40.0 Å². The van der Waals surface area contributed by atoms with E-state index in [0.29, 0.717) is 23.7 Å². The third kappa shape index (κ3) is 2.09. The summed E-state index contributed by atoms with van der Waals surface area (Å²) in [6, 6.07) is 8.34. The van der Waals surface area contributed by atoms with Gasteiger partial charge in [-0.3, -0.25) is 4.57 Å². The van der Waals surface area contributed by atoms with Crippen LogP contribution in [0.4, 0.5) is 11.8 Å². The van der Waals surface area contributed by atoms with E-state index >= 15 is 0 Å². The number of hydrazine groups is 1. The van der Waals surface area contributed by atoms with E-state index in [1.165, 1.54) is 0 Å². The average Bonchev–Trinajstić information content (AvgIpc) is 3.46. The molecule has 0 bridgehead atoms. The predicted molar refractivity (Wildman–Crippen MR) is 97.2 cm³/mol. The molecule has 3 aliphatic rings. The zero-order chi connectivity index (χ0) is 18.0. The Hall–Kier alpha value is -2.91. The van der Waals surface area contributed by atoms with Crippen molar-refractivity contribution in [2.75, 3.05) is 23.2 Å². The zero-order valence-corrected chi connectivity index (χ0v) is 14.8. The van der Waals surface area contributed by atoms with Gasteiger partial charge in [-0.1, -0.05) is 23.4 Å². The number of benzene rings is 1. The van der Waals surface area contributed by atoms with Gasteiger partial charge in [-0.15, -0.1) is 0 Å². The summed E-state index contributed by atoms with van der Waals surface area (Å²) in [5.74, 6) is 1.60. The lowest BCUT2D eigenvalue weighted by molar-refractivity contribution is 0.192. The van der Waals surface area contributed by atoms with E-state index in [4.69, 9.17) is 20.9 Å². The molecule has 0 N–H and O–H groups in total. The Balaban J connectivity index is 1.44. The molecule has 0 aliphatic carbocycles. The third-order valence-electron chi connectivity index (χ3n) is 5.09. The number of anilines is 2. The van der Waals surface area contributed by atoms with Gasteiger partial charge in [0.05, 0.1) is 18.5 Å². The Morgan fingerprint density at radius 3 is 3.04 bits per heavy atom. The quantitative estimate of drug-likeness (QED) is 0.672. The molecular weight excluding hydrogens is 370 g/mol. The van der Waals surface area contributed by atoms with E-state index in [-0.39, 0.29) is 12.1 Å². The second kappa shape index (κ2) is 5.54. The first-order valence-electron chi connectivity index (χ1n) is 8.67. The van der Waals surface area contributed by atoms with Crippen molar-refractivity contribution in [3.05, 3.63) is 47.1 Å². The maximum Gasteiger partial charge on any atom is 0.348 e. The van der Waals surface area contributed by atoms with Gasteiger partial charge in [0.2, 0.25) is 5.28 Å². The molecule has 6 rings (SSSR count). The Bertz CT molecular complexity index is 1060. The number of nitrogens with zero attached hydrogens (tertiary/aromatic N) is 7. The largest absolute Gasteiger partial charge is 0.381 e. The molecule has 10 heteroatoms. The van der Waals surface area contributed by atoms with Gasteiger partial charge in [0.25, 0.3) is 0 Å². The molecule has 2 aromatic heterocycles. The van der Waals surface area contributed by atoms with Crippen molar-refractivity contribution < 1.29 is 9.26 Å². The Kier molecular flexibility index (Phi) is 3.12. The van der Waals surface area contributed by atoms with Crippen LogP contribution in [-0.4, -0.2) is 39.2 Å². The summed E-state index contributed by atoms with van der Waals surface area (Å²) >= 11 is 6.36. The molecule has 5 heterocycles. The van der Waals surface area contributed by atoms with Crippen LogP contribution in [0.2, 0.25) is 5.28 Å². The van der Waals surface area contributed by atoms with Crippen molar-refractivity contribution in [3.8, 4) is 5.69 Å². The first-order chi connectivity index (χ1) is 13.3. The predicted octanol–water partition coefficient (Wildman–Crippen LogP) is 2.69. The summed E-state index contributed by atoms with van der Waals surface area (Å²) in [6.07, 6.45) is 4.07. The summed E-state index contributed by atoms with van der Waals surface area (Å²) in [5.41, 5.74) is 1.98. The smallest absolute Gasteiger partial charge is 0.348 e. The number of fused-ring (bicyclic) bond motifs is 6. The standard InChI is InChI=1S/C17H14ClN7O2/c18-16-19-7-13-24(16)12-4-2-1-3-11(12)15-20-9-23(25(13)15)17-21-14(22-27-17)10-5-6-26-8-10/h1-4,7,9-10,15H,5-6,8H2. The highest BCUT2D eigenvalue weighted by Crippen LogP contribution is 2.44. The third-order valence-corrected chi connectivity index (χ3v) is 5.36. The van der Waals surface area contributed by atoms with Crippen molar-refractivity contribution in [2.45, 2.75) is 18.5 Å².